The molecule has 1 radical (unpaired) electrons. The number of nitrogens with zero attached hydrogens (tertiary/aromatic N) is 1. The fourth-order valence-electron chi connectivity index (χ4n) is 2.17. The number of hydrogen-bond donors (Lipinski definition) is 1. The molecule has 0 saturated carbocycles. The molecule has 2 nitrogen and oxygen atoms in total. The van der Waals surface area contributed by atoms with Crippen LogP contribution in [-0.2, 0) is 13.0 Å². The van der Waals surface area contributed by atoms with Crippen molar-refractivity contribution in [1.29, 1.82) is 0 Å². The SMILES string of the molecule is CC(C)(O)CN1CCc2cc[c]cc2C1. The standard InChI is InChI=1S/C13H18NO/c1-13(2,15)10-14-8-7-11-5-3-4-6-12(11)9-14/h3,5-6,15H,7-10H2,1-2H3. The summed E-state index contributed by atoms with van der Waals surface area (Å²) < 4.78 is 0. The van der Waals surface area contributed by atoms with Crippen molar-refractivity contribution < 1.29 is 5.11 Å². The summed E-state index contributed by atoms with van der Waals surface area (Å²) in [7, 11) is 0. The van der Waals surface area contributed by atoms with Gasteiger partial charge >= 0.3 is 0 Å². The first kappa shape index (κ1) is 10.7. The third-order valence-corrected chi connectivity index (χ3v) is 2.75. The Morgan fingerprint density at radius 1 is 1.47 bits per heavy atom. The average Bonchev–Trinajstić information content (AvgIpc) is 2.15. The Hall–Kier alpha value is -0.860. The average molecular weight is 204 g/mol. The normalized spacial score (nSPS) is 17.5. The van der Waals surface area contributed by atoms with Gasteiger partial charge in [0.1, 0.15) is 0 Å². The molecule has 0 spiro atoms. The van der Waals surface area contributed by atoms with Crippen molar-refractivity contribution in [2.75, 3.05) is 13.1 Å². The van der Waals surface area contributed by atoms with Crippen LogP contribution in [0.1, 0.15) is 25.0 Å². The highest BCUT2D eigenvalue weighted by molar-refractivity contribution is 5.28. The number of benzene rings is 1. The molecule has 1 N–H and O–H groups in total. The van der Waals surface area contributed by atoms with E-state index in [0.717, 1.165) is 26.1 Å². The molecule has 2 heteroatoms. The fraction of sp³-hybridized carbons (Fsp3) is 0.538. The van der Waals surface area contributed by atoms with Gasteiger partial charge in [0.05, 0.1) is 5.60 Å². The lowest BCUT2D eigenvalue weighted by atomic mass is 9.98. The molecule has 1 aliphatic rings. The van der Waals surface area contributed by atoms with Crippen molar-refractivity contribution in [3.05, 3.63) is 35.4 Å². The van der Waals surface area contributed by atoms with E-state index in [1.165, 1.54) is 11.1 Å². The van der Waals surface area contributed by atoms with Crippen LogP contribution in [-0.4, -0.2) is 28.7 Å². The summed E-state index contributed by atoms with van der Waals surface area (Å²) in [6, 6.07) is 9.30. The molecular formula is C13H18NO. The van der Waals surface area contributed by atoms with Crippen molar-refractivity contribution >= 4 is 0 Å². The summed E-state index contributed by atoms with van der Waals surface area (Å²) in [6.45, 7) is 6.44. The van der Waals surface area contributed by atoms with Crippen LogP contribution in [0.25, 0.3) is 0 Å². The minimum Gasteiger partial charge on any atom is -0.389 e. The molecule has 81 valence electrons. The maximum atomic E-state index is 9.77. The molecule has 0 unspecified atom stereocenters. The van der Waals surface area contributed by atoms with Crippen LogP contribution in [0.4, 0.5) is 0 Å². The second kappa shape index (κ2) is 3.95. The summed E-state index contributed by atoms with van der Waals surface area (Å²) in [6.07, 6.45) is 1.08. The first-order valence-electron chi connectivity index (χ1n) is 5.47. The third kappa shape index (κ3) is 2.80. The van der Waals surface area contributed by atoms with Gasteiger partial charge in [0, 0.05) is 19.6 Å². The Balaban J connectivity index is 2.06. The number of hydrogen-bond acceptors (Lipinski definition) is 2. The van der Waals surface area contributed by atoms with E-state index in [2.05, 4.69) is 23.1 Å². The number of aliphatic hydroxyl groups is 1. The minimum absolute atomic E-state index is 0.601. The molecule has 0 fully saturated rings. The van der Waals surface area contributed by atoms with E-state index < -0.39 is 5.60 Å². The number of rotatable bonds is 2. The van der Waals surface area contributed by atoms with Gasteiger partial charge in [-0.05, 0) is 43.5 Å². The zero-order valence-electron chi connectivity index (χ0n) is 9.45. The Bertz CT molecular complexity index is 341. The minimum atomic E-state index is -0.601. The monoisotopic (exact) mass is 204 g/mol. The van der Waals surface area contributed by atoms with Crippen molar-refractivity contribution in [2.24, 2.45) is 0 Å². The third-order valence-electron chi connectivity index (χ3n) is 2.75. The highest BCUT2D eigenvalue weighted by Crippen LogP contribution is 2.19. The molecule has 0 amide bonds. The van der Waals surface area contributed by atoms with Gasteiger partial charge in [-0.25, -0.2) is 0 Å². The highest BCUT2D eigenvalue weighted by atomic mass is 16.3. The summed E-state index contributed by atoms with van der Waals surface area (Å²) >= 11 is 0. The van der Waals surface area contributed by atoms with Crippen LogP contribution in [0.3, 0.4) is 0 Å². The fourth-order valence-corrected chi connectivity index (χ4v) is 2.17. The largest absolute Gasteiger partial charge is 0.389 e. The second-order valence-electron chi connectivity index (χ2n) is 4.97. The maximum Gasteiger partial charge on any atom is 0.0718 e. The first-order valence-corrected chi connectivity index (χ1v) is 5.47. The van der Waals surface area contributed by atoms with Crippen molar-refractivity contribution in [1.82, 2.24) is 4.90 Å². The van der Waals surface area contributed by atoms with Crippen LogP contribution in [0.5, 0.6) is 0 Å². The molecule has 0 aromatic heterocycles. The molecule has 0 bridgehead atoms. The Labute approximate surface area is 91.5 Å². The molecule has 1 aliphatic heterocycles. The lowest BCUT2D eigenvalue weighted by Gasteiger charge is -2.32. The Kier molecular flexibility index (Phi) is 2.81. The van der Waals surface area contributed by atoms with Gasteiger partial charge in [0.2, 0.25) is 0 Å². The molecule has 0 aliphatic carbocycles. The van der Waals surface area contributed by atoms with Gasteiger partial charge < -0.3 is 5.11 Å². The topological polar surface area (TPSA) is 23.5 Å². The molecule has 15 heavy (non-hydrogen) atoms. The summed E-state index contributed by atoms with van der Waals surface area (Å²) in [5.41, 5.74) is 2.18. The van der Waals surface area contributed by atoms with E-state index in [1.807, 2.05) is 19.9 Å². The Morgan fingerprint density at radius 2 is 2.27 bits per heavy atom. The zero-order valence-corrected chi connectivity index (χ0v) is 9.45. The molecule has 0 saturated heterocycles. The second-order valence-corrected chi connectivity index (χ2v) is 4.97. The number of β-amino-alcohol motifs (C(OH)–C–C–N with tert-alkyl or cyclic N) is 1. The van der Waals surface area contributed by atoms with Gasteiger partial charge in [-0.2, -0.15) is 0 Å². The van der Waals surface area contributed by atoms with Gasteiger partial charge in [-0.1, -0.05) is 12.1 Å². The van der Waals surface area contributed by atoms with E-state index in [4.69, 9.17) is 0 Å². The molecule has 1 heterocycles. The van der Waals surface area contributed by atoms with Crippen LogP contribution < -0.4 is 0 Å². The van der Waals surface area contributed by atoms with Gasteiger partial charge in [0.25, 0.3) is 0 Å². The van der Waals surface area contributed by atoms with Crippen molar-refractivity contribution in [3.63, 3.8) is 0 Å². The van der Waals surface area contributed by atoms with Crippen LogP contribution in [0.15, 0.2) is 18.2 Å². The lowest BCUT2D eigenvalue weighted by Crippen LogP contribution is -2.41. The molecular weight excluding hydrogens is 186 g/mol. The van der Waals surface area contributed by atoms with Gasteiger partial charge in [0.15, 0.2) is 0 Å². The number of fused-ring (bicyclic) bond motifs is 1. The maximum absolute atomic E-state index is 9.77. The smallest absolute Gasteiger partial charge is 0.0718 e. The summed E-state index contributed by atoms with van der Waals surface area (Å²) in [5, 5.41) is 9.77. The predicted octanol–water partition coefficient (Wildman–Crippen LogP) is 1.62. The van der Waals surface area contributed by atoms with Gasteiger partial charge in [-0.3, -0.25) is 4.90 Å². The van der Waals surface area contributed by atoms with Gasteiger partial charge in [-0.15, -0.1) is 0 Å². The first-order chi connectivity index (χ1) is 7.04. The van der Waals surface area contributed by atoms with E-state index in [1.54, 1.807) is 0 Å². The van der Waals surface area contributed by atoms with Crippen LogP contribution in [0.2, 0.25) is 0 Å². The Morgan fingerprint density at radius 3 is 3.00 bits per heavy atom. The molecule has 1 aromatic rings. The highest BCUT2D eigenvalue weighted by Gasteiger charge is 2.21. The van der Waals surface area contributed by atoms with E-state index in [0.29, 0.717) is 0 Å². The molecule has 0 atom stereocenters. The van der Waals surface area contributed by atoms with Crippen LogP contribution >= 0.6 is 0 Å². The zero-order chi connectivity index (χ0) is 10.9. The van der Waals surface area contributed by atoms with Crippen molar-refractivity contribution in [3.8, 4) is 0 Å². The predicted molar refractivity (Wildman–Crippen MR) is 60.6 cm³/mol. The van der Waals surface area contributed by atoms with E-state index >= 15 is 0 Å². The van der Waals surface area contributed by atoms with Crippen LogP contribution in [0, 0.1) is 6.07 Å². The van der Waals surface area contributed by atoms with E-state index in [-0.39, 0.29) is 0 Å². The molecule has 1 aromatic carbocycles. The quantitative estimate of drug-likeness (QED) is 0.791. The van der Waals surface area contributed by atoms with E-state index in [9.17, 15) is 5.11 Å². The molecule has 2 rings (SSSR count). The van der Waals surface area contributed by atoms with Crippen molar-refractivity contribution in [2.45, 2.75) is 32.4 Å². The summed E-state index contributed by atoms with van der Waals surface area (Å²) in [5.74, 6) is 0. The lowest BCUT2D eigenvalue weighted by molar-refractivity contribution is 0.0318. The summed E-state index contributed by atoms with van der Waals surface area (Å²) in [4.78, 5) is 2.30.